The van der Waals surface area contributed by atoms with Gasteiger partial charge in [0.15, 0.2) is 0 Å². The summed E-state index contributed by atoms with van der Waals surface area (Å²) >= 11 is 0. The maximum absolute atomic E-state index is 10.9. The zero-order valence-electron chi connectivity index (χ0n) is 8.91. The molecule has 1 unspecified atom stereocenters. The highest BCUT2D eigenvalue weighted by molar-refractivity contribution is 5.69. The zero-order chi connectivity index (χ0) is 10.4. The van der Waals surface area contributed by atoms with E-state index in [1.54, 1.807) is 0 Å². The topological polar surface area (TPSA) is 47.6 Å². The quantitative estimate of drug-likeness (QED) is 0.539. The molecule has 1 saturated carbocycles. The van der Waals surface area contributed by atoms with E-state index in [9.17, 15) is 4.79 Å². The Bertz CT molecular complexity index is 178. The predicted molar refractivity (Wildman–Crippen MR) is 52.6 cm³/mol. The minimum atomic E-state index is -0.208. The van der Waals surface area contributed by atoms with Gasteiger partial charge in [-0.15, -0.1) is 0 Å². The molecule has 1 rings (SSSR count). The molecule has 1 atom stereocenters. The van der Waals surface area contributed by atoms with Crippen LogP contribution in [0.3, 0.4) is 0 Å². The second-order valence-corrected chi connectivity index (χ2v) is 3.82. The highest BCUT2D eigenvalue weighted by atomic mass is 16.7. The van der Waals surface area contributed by atoms with Crippen LogP contribution in [0.1, 0.15) is 39.0 Å². The third-order valence-corrected chi connectivity index (χ3v) is 2.44. The van der Waals surface area contributed by atoms with Gasteiger partial charge in [-0.3, -0.25) is 9.63 Å². The van der Waals surface area contributed by atoms with E-state index in [1.165, 1.54) is 20.0 Å². The maximum atomic E-state index is 10.9. The molecule has 0 heterocycles. The number of carbonyl (C=O) groups is 1. The molecule has 82 valence electrons. The fourth-order valence-electron chi connectivity index (χ4n) is 1.59. The van der Waals surface area contributed by atoms with Crippen LogP contribution in [0.5, 0.6) is 0 Å². The lowest BCUT2D eigenvalue weighted by atomic mass is 10.2. The number of methoxy groups -OCH3 is 1. The number of hydrogen-bond donors (Lipinski definition) is 1. The lowest BCUT2D eigenvalue weighted by Gasteiger charge is -2.16. The van der Waals surface area contributed by atoms with Crippen molar-refractivity contribution in [2.24, 2.45) is 0 Å². The Labute approximate surface area is 84.9 Å². The SMILES string of the molecule is COC(=O)CC(C)NOC1CCCC1. The Hall–Kier alpha value is -0.610. The highest BCUT2D eigenvalue weighted by Crippen LogP contribution is 2.20. The molecule has 1 N–H and O–H groups in total. The van der Waals surface area contributed by atoms with Gasteiger partial charge in [0.1, 0.15) is 0 Å². The smallest absolute Gasteiger partial charge is 0.307 e. The molecule has 1 aliphatic carbocycles. The standard InChI is InChI=1S/C10H19NO3/c1-8(7-10(12)13-2)11-14-9-5-3-4-6-9/h8-9,11H,3-7H2,1-2H3. The molecule has 0 aromatic carbocycles. The molecule has 4 nitrogen and oxygen atoms in total. The number of hydrogen-bond acceptors (Lipinski definition) is 4. The molecule has 0 aromatic heterocycles. The number of esters is 1. The summed E-state index contributed by atoms with van der Waals surface area (Å²) in [5, 5.41) is 0. The molecule has 0 aromatic rings. The first-order valence-electron chi connectivity index (χ1n) is 5.20. The van der Waals surface area contributed by atoms with Crippen LogP contribution in [-0.4, -0.2) is 25.2 Å². The van der Waals surface area contributed by atoms with E-state index in [-0.39, 0.29) is 12.0 Å². The Morgan fingerprint density at radius 1 is 1.50 bits per heavy atom. The molecule has 0 saturated heterocycles. The highest BCUT2D eigenvalue weighted by Gasteiger charge is 2.17. The molecular weight excluding hydrogens is 182 g/mol. The summed E-state index contributed by atoms with van der Waals surface area (Å²) in [5.74, 6) is -0.208. The van der Waals surface area contributed by atoms with Gasteiger partial charge in [0, 0.05) is 6.04 Å². The van der Waals surface area contributed by atoms with Gasteiger partial charge in [-0.05, 0) is 19.8 Å². The summed E-state index contributed by atoms with van der Waals surface area (Å²) in [7, 11) is 1.40. The van der Waals surface area contributed by atoms with Gasteiger partial charge < -0.3 is 4.74 Å². The van der Waals surface area contributed by atoms with Crippen LogP contribution in [0.4, 0.5) is 0 Å². The zero-order valence-corrected chi connectivity index (χ0v) is 8.91. The molecule has 0 radical (unpaired) electrons. The Balaban J connectivity index is 2.07. The van der Waals surface area contributed by atoms with E-state index < -0.39 is 0 Å². The molecule has 0 bridgehead atoms. The van der Waals surface area contributed by atoms with Crippen LogP contribution in [0.15, 0.2) is 0 Å². The maximum Gasteiger partial charge on any atom is 0.307 e. The minimum absolute atomic E-state index is 0.0167. The van der Waals surface area contributed by atoms with Gasteiger partial charge in [-0.2, -0.15) is 5.48 Å². The van der Waals surface area contributed by atoms with Crippen LogP contribution in [0.25, 0.3) is 0 Å². The average Bonchev–Trinajstić information content (AvgIpc) is 2.67. The molecule has 0 aliphatic heterocycles. The third kappa shape index (κ3) is 4.07. The van der Waals surface area contributed by atoms with Crippen molar-refractivity contribution in [3.8, 4) is 0 Å². The van der Waals surface area contributed by atoms with E-state index in [1.807, 2.05) is 6.92 Å². The van der Waals surface area contributed by atoms with Gasteiger partial charge >= 0.3 is 5.97 Å². The molecule has 0 amide bonds. The van der Waals surface area contributed by atoms with E-state index >= 15 is 0 Å². The van der Waals surface area contributed by atoms with Crippen molar-refractivity contribution in [3.05, 3.63) is 0 Å². The number of ether oxygens (including phenoxy) is 1. The number of carbonyl (C=O) groups excluding carboxylic acids is 1. The first-order valence-corrected chi connectivity index (χ1v) is 5.20. The Kier molecular flexibility index (Phi) is 4.90. The molecule has 1 aliphatic rings. The van der Waals surface area contributed by atoms with Crippen molar-refractivity contribution in [2.45, 2.75) is 51.2 Å². The summed E-state index contributed by atoms with van der Waals surface area (Å²) < 4.78 is 4.56. The summed E-state index contributed by atoms with van der Waals surface area (Å²) in [6.07, 6.45) is 5.42. The second kappa shape index (κ2) is 5.98. The summed E-state index contributed by atoms with van der Waals surface area (Å²) in [4.78, 5) is 16.4. The first-order chi connectivity index (χ1) is 6.72. The number of hydroxylamine groups is 1. The van der Waals surface area contributed by atoms with Crippen molar-refractivity contribution in [1.29, 1.82) is 0 Å². The average molecular weight is 201 g/mol. The fraction of sp³-hybridized carbons (Fsp3) is 0.900. The molecule has 0 spiro atoms. The lowest BCUT2D eigenvalue weighted by molar-refractivity contribution is -0.142. The summed E-state index contributed by atoms with van der Waals surface area (Å²) in [6.45, 7) is 1.91. The monoisotopic (exact) mass is 201 g/mol. The van der Waals surface area contributed by atoms with Crippen LogP contribution < -0.4 is 5.48 Å². The van der Waals surface area contributed by atoms with Crippen molar-refractivity contribution in [3.63, 3.8) is 0 Å². The molecule has 14 heavy (non-hydrogen) atoms. The molecule has 1 fully saturated rings. The van der Waals surface area contributed by atoms with Crippen LogP contribution in [0.2, 0.25) is 0 Å². The number of nitrogens with one attached hydrogen (secondary N) is 1. The Morgan fingerprint density at radius 3 is 2.71 bits per heavy atom. The second-order valence-electron chi connectivity index (χ2n) is 3.82. The van der Waals surface area contributed by atoms with Gasteiger partial charge in [-0.1, -0.05) is 12.8 Å². The van der Waals surface area contributed by atoms with Crippen molar-refractivity contribution in [2.75, 3.05) is 7.11 Å². The fourth-order valence-corrected chi connectivity index (χ4v) is 1.59. The van der Waals surface area contributed by atoms with Gasteiger partial charge in [0.05, 0.1) is 19.6 Å². The Morgan fingerprint density at radius 2 is 2.14 bits per heavy atom. The summed E-state index contributed by atoms with van der Waals surface area (Å²) in [6, 6.07) is 0.0167. The van der Waals surface area contributed by atoms with Gasteiger partial charge in [0.2, 0.25) is 0 Å². The lowest BCUT2D eigenvalue weighted by Crippen LogP contribution is -2.32. The number of rotatable bonds is 5. The predicted octanol–water partition coefficient (Wildman–Crippen LogP) is 1.40. The van der Waals surface area contributed by atoms with Crippen molar-refractivity contribution in [1.82, 2.24) is 5.48 Å². The molecular formula is C10H19NO3. The van der Waals surface area contributed by atoms with E-state index in [2.05, 4.69) is 10.2 Å². The van der Waals surface area contributed by atoms with E-state index in [0.29, 0.717) is 12.5 Å². The normalized spacial score (nSPS) is 19.6. The van der Waals surface area contributed by atoms with Crippen molar-refractivity contribution >= 4 is 5.97 Å². The first kappa shape index (κ1) is 11.5. The van der Waals surface area contributed by atoms with Gasteiger partial charge in [-0.25, -0.2) is 0 Å². The van der Waals surface area contributed by atoms with Gasteiger partial charge in [0.25, 0.3) is 0 Å². The van der Waals surface area contributed by atoms with Crippen LogP contribution >= 0.6 is 0 Å². The van der Waals surface area contributed by atoms with E-state index in [4.69, 9.17) is 4.84 Å². The molecule has 4 heteroatoms. The van der Waals surface area contributed by atoms with E-state index in [0.717, 1.165) is 12.8 Å². The van der Waals surface area contributed by atoms with Crippen LogP contribution in [-0.2, 0) is 14.4 Å². The largest absolute Gasteiger partial charge is 0.469 e. The third-order valence-electron chi connectivity index (χ3n) is 2.44. The van der Waals surface area contributed by atoms with Crippen molar-refractivity contribution < 1.29 is 14.4 Å². The van der Waals surface area contributed by atoms with Crippen LogP contribution in [0, 0.1) is 0 Å². The summed E-state index contributed by atoms with van der Waals surface area (Å²) in [5.41, 5.74) is 2.89. The minimum Gasteiger partial charge on any atom is -0.469 e.